The predicted octanol–water partition coefficient (Wildman–Crippen LogP) is 1.56. The molecule has 2 N–H and O–H groups in total. The molecule has 2 heterocycles. The van der Waals surface area contributed by atoms with Crippen LogP contribution in [0.15, 0.2) is 52.1 Å². The van der Waals surface area contributed by atoms with Crippen LogP contribution in [0.2, 0.25) is 0 Å². The maximum absolute atomic E-state index is 12.4. The molecule has 31 heavy (non-hydrogen) atoms. The Labute approximate surface area is 198 Å². The molecular formula is C21H28IN5O4. The predicted molar refractivity (Wildman–Crippen MR) is 128 cm³/mol. The Bertz CT molecular complexity index is 862. The summed E-state index contributed by atoms with van der Waals surface area (Å²) >= 11 is 0. The normalized spacial score (nSPS) is 13.9. The summed E-state index contributed by atoms with van der Waals surface area (Å²) in [4.78, 5) is 32.6. The summed E-state index contributed by atoms with van der Waals surface area (Å²) in [5.74, 6) is 1.53. The highest BCUT2D eigenvalue weighted by molar-refractivity contribution is 14.0. The zero-order valence-corrected chi connectivity index (χ0v) is 20.0. The number of furan rings is 1. The highest BCUT2D eigenvalue weighted by atomic mass is 127. The maximum atomic E-state index is 12.4. The molecule has 0 bridgehead atoms. The minimum atomic E-state index is -0.126. The number of piperazine rings is 1. The summed E-state index contributed by atoms with van der Waals surface area (Å²) in [7, 11) is 3.30. The van der Waals surface area contributed by atoms with Crippen LogP contribution in [0.5, 0.6) is 5.75 Å². The van der Waals surface area contributed by atoms with Crippen molar-refractivity contribution < 1.29 is 18.7 Å². The first kappa shape index (κ1) is 24.5. The number of benzene rings is 1. The minimum absolute atomic E-state index is 0. The number of nitrogens with zero attached hydrogens (tertiary/aromatic N) is 3. The number of rotatable bonds is 6. The van der Waals surface area contributed by atoms with Crippen molar-refractivity contribution in [3.05, 3.63) is 54.0 Å². The Morgan fingerprint density at radius 2 is 1.74 bits per heavy atom. The number of hydrogen-bond donors (Lipinski definition) is 2. The van der Waals surface area contributed by atoms with Gasteiger partial charge in [-0.2, -0.15) is 0 Å². The summed E-state index contributed by atoms with van der Waals surface area (Å²) in [5, 5.41) is 5.96. The minimum Gasteiger partial charge on any atom is -0.497 e. The summed E-state index contributed by atoms with van der Waals surface area (Å²) in [6.07, 6.45) is 1.49. The van der Waals surface area contributed by atoms with Gasteiger partial charge in [-0.1, -0.05) is 12.1 Å². The van der Waals surface area contributed by atoms with Crippen LogP contribution >= 0.6 is 24.0 Å². The molecule has 2 amide bonds. The van der Waals surface area contributed by atoms with Crippen molar-refractivity contribution in [2.75, 3.05) is 46.9 Å². The van der Waals surface area contributed by atoms with E-state index < -0.39 is 0 Å². The first-order valence-corrected chi connectivity index (χ1v) is 9.78. The van der Waals surface area contributed by atoms with Crippen LogP contribution < -0.4 is 15.4 Å². The van der Waals surface area contributed by atoms with Crippen LogP contribution in [0.3, 0.4) is 0 Å². The van der Waals surface area contributed by atoms with E-state index in [9.17, 15) is 9.59 Å². The van der Waals surface area contributed by atoms with Crippen molar-refractivity contribution >= 4 is 41.8 Å². The van der Waals surface area contributed by atoms with Gasteiger partial charge in [0, 0.05) is 39.8 Å². The van der Waals surface area contributed by atoms with Gasteiger partial charge in [-0.3, -0.25) is 14.6 Å². The molecule has 3 rings (SSSR count). The van der Waals surface area contributed by atoms with E-state index in [4.69, 9.17) is 9.15 Å². The van der Waals surface area contributed by atoms with E-state index in [1.54, 1.807) is 31.2 Å². The molecule has 1 fully saturated rings. The number of carbonyl (C=O) groups is 2. The monoisotopic (exact) mass is 541 g/mol. The average molecular weight is 541 g/mol. The molecule has 1 aliphatic heterocycles. The topological polar surface area (TPSA) is 99.4 Å². The third kappa shape index (κ3) is 6.88. The quantitative estimate of drug-likeness (QED) is 0.327. The summed E-state index contributed by atoms with van der Waals surface area (Å²) in [6.45, 7) is 2.93. The van der Waals surface area contributed by atoms with Gasteiger partial charge < -0.3 is 29.6 Å². The molecule has 0 unspecified atom stereocenters. The molecule has 1 saturated heterocycles. The van der Waals surface area contributed by atoms with Crippen molar-refractivity contribution in [3.8, 4) is 5.75 Å². The molecule has 168 valence electrons. The second-order valence-electron chi connectivity index (χ2n) is 6.78. The van der Waals surface area contributed by atoms with E-state index in [2.05, 4.69) is 15.6 Å². The SMILES string of the molecule is CN=C(NCC(=O)NCc1ccc(OC)cc1)N1CCN(C(=O)c2ccco2)CC1.I. The highest BCUT2D eigenvalue weighted by Crippen LogP contribution is 2.11. The number of hydrogen-bond acceptors (Lipinski definition) is 5. The number of guanidine groups is 1. The second-order valence-corrected chi connectivity index (χ2v) is 6.78. The molecule has 0 aliphatic carbocycles. The fraction of sp³-hybridized carbons (Fsp3) is 0.381. The Morgan fingerprint density at radius 1 is 1.06 bits per heavy atom. The van der Waals surface area contributed by atoms with Crippen LogP contribution in [0, 0.1) is 0 Å². The molecule has 1 aromatic heterocycles. The lowest BCUT2D eigenvalue weighted by Gasteiger charge is -2.36. The third-order valence-corrected chi connectivity index (χ3v) is 4.87. The van der Waals surface area contributed by atoms with Gasteiger partial charge >= 0.3 is 0 Å². The molecule has 9 nitrogen and oxygen atoms in total. The molecule has 1 aliphatic rings. The number of nitrogens with one attached hydrogen (secondary N) is 2. The van der Waals surface area contributed by atoms with Crippen LogP contribution in [0.4, 0.5) is 0 Å². The van der Waals surface area contributed by atoms with Gasteiger partial charge in [-0.25, -0.2) is 0 Å². The van der Waals surface area contributed by atoms with Gasteiger partial charge in [0.25, 0.3) is 5.91 Å². The fourth-order valence-electron chi connectivity index (χ4n) is 3.18. The van der Waals surface area contributed by atoms with E-state index in [0.717, 1.165) is 11.3 Å². The van der Waals surface area contributed by atoms with Crippen LogP contribution in [0.1, 0.15) is 16.1 Å². The summed E-state index contributed by atoms with van der Waals surface area (Å²) in [5.41, 5.74) is 0.992. The standard InChI is InChI=1S/C21H27N5O4.HI/c1-22-21(24-15-19(27)23-14-16-5-7-17(29-2)8-6-16)26-11-9-25(10-12-26)20(28)18-4-3-13-30-18;/h3-8,13H,9-12,14-15H2,1-2H3,(H,22,24)(H,23,27);1H. The summed E-state index contributed by atoms with van der Waals surface area (Å²) in [6, 6.07) is 10.9. The van der Waals surface area contributed by atoms with Gasteiger partial charge in [0.2, 0.25) is 5.91 Å². The lowest BCUT2D eigenvalue weighted by Crippen LogP contribution is -2.54. The Morgan fingerprint density at radius 3 is 2.32 bits per heavy atom. The largest absolute Gasteiger partial charge is 0.497 e. The molecule has 0 atom stereocenters. The highest BCUT2D eigenvalue weighted by Gasteiger charge is 2.25. The zero-order chi connectivity index (χ0) is 21.3. The lowest BCUT2D eigenvalue weighted by molar-refractivity contribution is -0.120. The third-order valence-electron chi connectivity index (χ3n) is 4.87. The Hall–Kier alpha value is -2.76. The average Bonchev–Trinajstić information content (AvgIpc) is 3.33. The van der Waals surface area contributed by atoms with E-state index in [-0.39, 0.29) is 42.3 Å². The molecular weight excluding hydrogens is 513 g/mol. The smallest absolute Gasteiger partial charge is 0.289 e. The molecule has 1 aromatic carbocycles. The molecule has 0 saturated carbocycles. The van der Waals surface area contributed by atoms with E-state index >= 15 is 0 Å². The number of halogens is 1. The number of aliphatic imine (C=N–C) groups is 1. The lowest BCUT2D eigenvalue weighted by atomic mass is 10.2. The van der Waals surface area contributed by atoms with Crippen molar-refractivity contribution in [1.82, 2.24) is 20.4 Å². The van der Waals surface area contributed by atoms with E-state index in [0.29, 0.717) is 44.4 Å². The van der Waals surface area contributed by atoms with Crippen LogP contribution in [-0.2, 0) is 11.3 Å². The Kier molecular flexibility index (Phi) is 9.63. The Balaban J connectivity index is 0.00000341. The van der Waals surface area contributed by atoms with Gasteiger partial charge in [-0.15, -0.1) is 24.0 Å². The number of ether oxygens (including phenoxy) is 1. The van der Waals surface area contributed by atoms with Crippen LogP contribution in [0.25, 0.3) is 0 Å². The van der Waals surface area contributed by atoms with Gasteiger partial charge in [0.15, 0.2) is 11.7 Å². The number of carbonyl (C=O) groups excluding carboxylic acids is 2. The second kappa shape index (κ2) is 12.2. The van der Waals surface area contributed by atoms with Gasteiger partial charge in [0.1, 0.15) is 5.75 Å². The molecule has 0 radical (unpaired) electrons. The van der Waals surface area contributed by atoms with Crippen molar-refractivity contribution in [2.24, 2.45) is 4.99 Å². The first-order chi connectivity index (χ1) is 14.6. The molecule has 2 aromatic rings. The number of methoxy groups -OCH3 is 1. The zero-order valence-electron chi connectivity index (χ0n) is 17.7. The first-order valence-electron chi connectivity index (χ1n) is 9.78. The fourth-order valence-corrected chi connectivity index (χ4v) is 3.18. The van der Waals surface area contributed by atoms with Crippen molar-refractivity contribution in [3.63, 3.8) is 0 Å². The molecule has 10 heteroatoms. The van der Waals surface area contributed by atoms with Gasteiger partial charge in [-0.05, 0) is 29.8 Å². The number of amides is 2. The van der Waals surface area contributed by atoms with Crippen LogP contribution in [-0.4, -0.2) is 74.5 Å². The summed E-state index contributed by atoms with van der Waals surface area (Å²) < 4.78 is 10.3. The van der Waals surface area contributed by atoms with Gasteiger partial charge in [0.05, 0.1) is 19.9 Å². The maximum Gasteiger partial charge on any atom is 0.289 e. The van der Waals surface area contributed by atoms with Crippen molar-refractivity contribution in [2.45, 2.75) is 6.54 Å². The molecule has 0 spiro atoms. The van der Waals surface area contributed by atoms with E-state index in [1.165, 1.54) is 6.26 Å². The van der Waals surface area contributed by atoms with Crippen molar-refractivity contribution in [1.29, 1.82) is 0 Å². The van der Waals surface area contributed by atoms with E-state index in [1.807, 2.05) is 29.2 Å².